The molecule has 0 saturated carbocycles. The van der Waals surface area contributed by atoms with Crippen LogP contribution >= 0.6 is 0 Å². The highest BCUT2D eigenvalue weighted by atomic mass is 19.3. The van der Waals surface area contributed by atoms with Gasteiger partial charge in [-0.2, -0.15) is 0 Å². The number of H-pyrrole nitrogens is 1. The molecule has 3 aromatic rings. The molecule has 0 radical (unpaired) electrons. The number of ether oxygens (including phenoxy) is 2. The third-order valence-corrected chi connectivity index (χ3v) is 7.57. The Balaban J connectivity index is 1.48. The maximum atomic E-state index is 15.6. The van der Waals surface area contributed by atoms with Gasteiger partial charge in [-0.25, -0.2) is 18.2 Å². The van der Waals surface area contributed by atoms with Gasteiger partial charge >= 0.3 is 0 Å². The molecule has 0 spiro atoms. The van der Waals surface area contributed by atoms with E-state index in [-0.39, 0.29) is 29.0 Å². The van der Waals surface area contributed by atoms with Gasteiger partial charge in [0.25, 0.3) is 12.3 Å². The minimum Gasteiger partial charge on any atom is -0.474 e. The highest BCUT2D eigenvalue weighted by Crippen LogP contribution is 2.36. The molecule has 1 aromatic carbocycles. The number of piperazine rings is 1. The van der Waals surface area contributed by atoms with Crippen molar-refractivity contribution in [1.82, 2.24) is 14.9 Å². The number of benzene rings is 1. The van der Waals surface area contributed by atoms with E-state index in [1.807, 2.05) is 18.9 Å². The van der Waals surface area contributed by atoms with Gasteiger partial charge in [-0.15, -0.1) is 0 Å². The van der Waals surface area contributed by atoms with Crippen molar-refractivity contribution in [2.75, 3.05) is 50.1 Å². The number of carbonyl (C=O) groups excluding carboxylic acids is 1. The number of amides is 1. The van der Waals surface area contributed by atoms with E-state index in [2.05, 4.69) is 20.2 Å². The van der Waals surface area contributed by atoms with E-state index in [0.717, 1.165) is 19.0 Å². The van der Waals surface area contributed by atoms with Gasteiger partial charge in [-0.1, -0.05) is 0 Å². The standard InChI is InChI=1S/C29H32F3N5O4/c1-17-16-37(8-7-36(17)2)25-13-23(30)20(18-3-4-27(34-14-18)41-19-5-9-40-10-6-19)11-24(25)35-29(39)22-15-33-26(38)12-21(22)28(31)32/h3-4,11-15,17,19,28H,5-10,16H2,1-2H3,(H,33,38)(H,35,39). The van der Waals surface area contributed by atoms with Crippen molar-refractivity contribution in [2.24, 2.45) is 0 Å². The lowest BCUT2D eigenvalue weighted by molar-refractivity contribution is 0.0237. The number of aromatic amines is 1. The van der Waals surface area contributed by atoms with Crippen molar-refractivity contribution in [3.8, 4) is 17.0 Å². The zero-order chi connectivity index (χ0) is 29.1. The van der Waals surface area contributed by atoms with E-state index in [1.165, 1.54) is 18.3 Å². The van der Waals surface area contributed by atoms with E-state index >= 15 is 4.39 Å². The Kier molecular flexibility index (Phi) is 8.60. The molecular formula is C29H32F3N5O4. The lowest BCUT2D eigenvalue weighted by Gasteiger charge is -2.39. The molecule has 2 aliphatic heterocycles. The Morgan fingerprint density at radius 3 is 2.66 bits per heavy atom. The number of hydrogen-bond donors (Lipinski definition) is 2. The highest BCUT2D eigenvalue weighted by molar-refractivity contribution is 6.07. The zero-order valence-electron chi connectivity index (χ0n) is 22.8. The zero-order valence-corrected chi connectivity index (χ0v) is 22.8. The molecule has 2 aliphatic rings. The molecule has 2 N–H and O–H groups in total. The first-order chi connectivity index (χ1) is 19.7. The molecular weight excluding hydrogens is 539 g/mol. The van der Waals surface area contributed by atoms with Crippen molar-refractivity contribution in [3.05, 3.63) is 70.0 Å². The molecule has 218 valence electrons. The number of anilines is 2. The van der Waals surface area contributed by atoms with Crippen LogP contribution in [0.25, 0.3) is 11.1 Å². The van der Waals surface area contributed by atoms with Crippen LogP contribution in [0.15, 0.2) is 47.5 Å². The van der Waals surface area contributed by atoms with Crippen molar-refractivity contribution < 1.29 is 27.4 Å². The van der Waals surface area contributed by atoms with Gasteiger partial charge in [-0.05, 0) is 32.2 Å². The predicted octanol–water partition coefficient (Wildman–Crippen LogP) is 4.46. The van der Waals surface area contributed by atoms with Crippen LogP contribution in [0.5, 0.6) is 5.88 Å². The molecule has 4 heterocycles. The number of likely N-dealkylation sites (N-methyl/N-ethyl adjacent to an activating group) is 1. The van der Waals surface area contributed by atoms with Crippen LogP contribution in [0.1, 0.15) is 42.1 Å². The Morgan fingerprint density at radius 1 is 1.20 bits per heavy atom. The first-order valence-corrected chi connectivity index (χ1v) is 13.5. The second-order valence-corrected chi connectivity index (χ2v) is 10.4. The molecule has 1 atom stereocenters. The highest BCUT2D eigenvalue weighted by Gasteiger charge is 2.26. The van der Waals surface area contributed by atoms with Crippen molar-refractivity contribution in [1.29, 1.82) is 0 Å². The number of nitrogens with one attached hydrogen (secondary N) is 2. The number of hydrogen-bond acceptors (Lipinski definition) is 7. The maximum absolute atomic E-state index is 15.6. The molecule has 5 rings (SSSR count). The molecule has 41 heavy (non-hydrogen) atoms. The summed E-state index contributed by atoms with van der Waals surface area (Å²) in [7, 11) is 2.00. The van der Waals surface area contributed by atoms with Crippen LogP contribution < -0.4 is 20.5 Å². The summed E-state index contributed by atoms with van der Waals surface area (Å²) in [6.45, 7) is 5.14. The molecule has 9 nitrogen and oxygen atoms in total. The topological polar surface area (TPSA) is 99.8 Å². The largest absolute Gasteiger partial charge is 0.474 e. The van der Waals surface area contributed by atoms with E-state index in [4.69, 9.17) is 9.47 Å². The predicted molar refractivity (Wildman–Crippen MR) is 148 cm³/mol. The average molecular weight is 572 g/mol. The minimum absolute atomic E-state index is 0.00281. The van der Waals surface area contributed by atoms with Gasteiger partial charge in [-0.3, -0.25) is 9.59 Å². The molecule has 2 aromatic heterocycles. The van der Waals surface area contributed by atoms with Crippen molar-refractivity contribution in [3.63, 3.8) is 0 Å². The van der Waals surface area contributed by atoms with E-state index < -0.39 is 29.3 Å². The Morgan fingerprint density at radius 2 is 1.98 bits per heavy atom. The van der Waals surface area contributed by atoms with Crippen molar-refractivity contribution >= 4 is 17.3 Å². The van der Waals surface area contributed by atoms with Crippen LogP contribution in [0.3, 0.4) is 0 Å². The monoisotopic (exact) mass is 571 g/mol. The van der Waals surface area contributed by atoms with Crippen LogP contribution in [0.4, 0.5) is 24.5 Å². The first-order valence-electron chi connectivity index (χ1n) is 13.5. The first kappa shape index (κ1) is 28.6. The summed E-state index contributed by atoms with van der Waals surface area (Å²) in [5.74, 6) is -0.965. The summed E-state index contributed by atoms with van der Waals surface area (Å²) in [4.78, 5) is 35.6. The maximum Gasteiger partial charge on any atom is 0.264 e. The lowest BCUT2D eigenvalue weighted by atomic mass is 10.0. The summed E-state index contributed by atoms with van der Waals surface area (Å²) < 4.78 is 54.2. The molecule has 1 amide bonds. The molecule has 2 fully saturated rings. The van der Waals surface area contributed by atoms with E-state index in [1.54, 1.807) is 12.1 Å². The Labute approximate surface area is 235 Å². The third kappa shape index (κ3) is 6.54. The fourth-order valence-electron chi connectivity index (χ4n) is 5.04. The lowest BCUT2D eigenvalue weighted by Crippen LogP contribution is -2.50. The van der Waals surface area contributed by atoms with Gasteiger partial charge in [0.2, 0.25) is 11.4 Å². The third-order valence-electron chi connectivity index (χ3n) is 7.57. The van der Waals surface area contributed by atoms with E-state index in [9.17, 15) is 18.4 Å². The summed E-state index contributed by atoms with van der Waals surface area (Å²) in [5.41, 5.74) is -0.510. The van der Waals surface area contributed by atoms with Crippen LogP contribution in [0.2, 0.25) is 0 Å². The number of halogens is 3. The minimum atomic E-state index is -3.03. The second-order valence-electron chi connectivity index (χ2n) is 10.4. The smallest absolute Gasteiger partial charge is 0.264 e. The molecule has 12 heteroatoms. The van der Waals surface area contributed by atoms with Crippen LogP contribution in [-0.2, 0) is 4.74 Å². The number of aromatic nitrogens is 2. The number of nitrogens with zero attached hydrogens (tertiary/aromatic N) is 3. The summed E-state index contributed by atoms with van der Waals surface area (Å²) in [6, 6.07) is 7.03. The van der Waals surface area contributed by atoms with Gasteiger partial charge < -0.3 is 29.6 Å². The normalized spacial score (nSPS) is 18.5. The number of rotatable bonds is 7. The van der Waals surface area contributed by atoms with Crippen LogP contribution in [0, 0.1) is 5.82 Å². The number of pyridine rings is 2. The van der Waals surface area contributed by atoms with E-state index in [0.29, 0.717) is 56.0 Å². The van der Waals surface area contributed by atoms with Crippen molar-refractivity contribution in [2.45, 2.75) is 38.3 Å². The van der Waals surface area contributed by atoms with Gasteiger partial charge in [0.15, 0.2) is 0 Å². The quantitative estimate of drug-likeness (QED) is 0.432. The SMILES string of the molecule is CC1CN(c2cc(F)c(-c3ccc(OC4CCOCC4)nc3)cc2NC(=O)c2c[nH]c(=O)cc2C(F)F)CCN1C. The number of carbonyl (C=O) groups is 1. The molecule has 0 bridgehead atoms. The molecule has 1 unspecified atom stereocenters. The Bertz CT molecular complexity index is 1440. The number of alkyl halides is 2. The fraction of sp³-hybridized carbons (Fsp3) is 0.414. The second kappa shape index (κ2) is 12.3. The fourth-order valence-corrected chi connectivity index (χ4v) is 5.04. The molecule has 0 aliphatic carbocycles. The van der Waals surface area contributed by atoms with Crippen LogP contribution in [-0.4, -0.2) is 72.8 Å². The van der Waals surface area contributed by atoms with Gasteiger partial charge in [0.1, 0.15) is 11.9 Å². The Hall–Kier alpha value is -3.90. The summed E-state index contributed by atoms with van der Waals surface area (Å²) in [5, 5.41) is 2.69. The van der Waals surface area contributed by atoms with Gasteiger partial charge in [0.05, 0.1) is 30.2 Å². The average Bonchev–Trinajstić information content (AvgIpc) is 2.96. The summed E-state index contributed by atoms with van der Waals surface area (Å²) in [6.07, 6.45) is 0.936. The molecule has 2 saturated heterocycles. The summed E-state index contributed by atoms with van der Waals surface area (Å²) >= 11 is 0. The van der Waals surface area contributed by atoms with Gasteiger partial charge in [0, 0.05) is 79.7 Å².